The first-order valence-corrected chi connectivity index (χ1v) is 7.19. The Kier molecular flexibility index (Phi) is 6.42. The summed E-state index contributed by atoms with van der Waals surface area (Å²) in [6.45, 7) is 3.55. The largest absolute Gasteiger partial charge is 0.480 e. The van der Waals surface area contributed by atoms with Crippen molar-refractivity contribution in [3.63, 3.8) is 0 Å². The maximum absolute atomic E-state index is 11.7. The number of hydrogen-bond acceptors (Lipinski definition) is 3. The van der Waals surface area contributed by atoms with Gasteiger partial charge in [-0.15, -0.1) is 11.8 Å². The van der Waals surface area contributed by atoms with Crippen molar-refractivity contribution in [1.82, 2.24) is 5.32 Å². The average molecular weight is 281 g/mol. The van der Waals surface area contributed by atoms with Crippen molar-refractivity contribution in [2.45, 2.75) is 31.2 Å². The summed E-state index contributed by atoms with van der Waals surface area (Å²) in [4.78, 5) is 23.7. The molecule has 0 fully saturated rings. The predicted octanol–water partition coefficient (Wildman–Crippen LogP) is 2.39. The first kappa shape index (κ1) is 15.6. The van der Waals surface area contributed by atoms with Crippen molar-refractivity contribution < 1.29 is 14.7 Å². The van der Waals surface area contributed by atoms with E-state index in [1.807, 2.05) is 30.3 Å². The van der Waals surface area contributed by atoms with E-state index in [0.29, 0.717) is 12.2 Å². The van der Waals surface area contributed by atoms with Crippen LogP contribution < -0.4 is 5.32 Å². The molecule has 0 saturated heterocycles. The summed E-state index contributed by atoms with van der Waals surface area (Å²) in [5, 5.41) is 11.5. The van der Waals surface area contributed by atoms with Gasteiger partial charge in [0.15, 0.2) is 0 Å². The number of rotatable bonds is 7. The highest BCUT2D eigenvalue weighted by atomic mass is 32.2. The topological polar surface area (TPSA) is 66.4 Å². The Labute approximate surface area is 117 Å². The Morgan fingerprint density at radius 2 is 1.89 bits per heavy atom. The molecule has 0 unspecified atom stereocenters. The minimum absolute atomic E-state index is 0.122. The number of nitrogens with one attached hydrogen (secondary N) is 1. The number of hydrogen-bond donors (Lipinski definition) is 2. The van der Waals surface area contributed by atoms with Crippen LogP contribution >= 0.6 is 11.8 Å². The van der Waals surface area contributed by atoms with Gasteiger partial charge in [0.05, 0.1) is 0 Å². The molecular formula is C14H19NO3S. The third-order valence-electron chi connectivity index (χ3n) is 2.59. The molecule has 104 valence electrons. The monoisotopic (exact) mass is 281 g/mol. The summed E-state index contributed by atoms with van der Waals surface area (Å²) in [7, 11) is 0. The molecule has 0 heterocycles. The highest BCUT2D eigenvalue weighted by Crippen LogP contribution is 2.17. The van der Waals surface area contributed by atoms with Crippen LogP contribution in [0.1, 0.15) is 20.3 Å². The van der Waals surface area contributed by atoms with Crippen LogP contribution in [0.5, 0.6) is 0 Å². The van der Waals surface area contributed by atoms with Crippen LogP contribution in [0.4, 0.5) is 0 Å². The van der Waals surface area contributed by atoms with Gasteiger partial charge in [-0.05, 0) is 18.1 Å². The Balaban J connectivity index is 2.33. The molecule has 0 saturated carbocycles. The molecule has 1 aromatic rings. The molecule has 0 radical (unpaired) electrons. The molecule has 5 heteroatoms. The smallest absolute Gasteiger partial charge is 0.326 e. The van der Waals surface area contributed by atoms with Gasteiger partial charge in [0.2, 0.25) is 5.91 Å². The average Bonchev–Trinajstić information content (AvgIpc) is 2.36. The molecule has 0 aromatic heterocycles. The maximum atomic E-state index is 11.7. The molecule has 0 spiro atoms. The lowest BCUT2D eigenvalue weighted by molar-refractivity contribution is -0.143. The number of amides is 1. The Morgan fingerprint density at radius 3 is 2.42 bits per heavy atom. The van der Waals surface area contributed by atoms with E-state index in [9.17, 15) is 9.59 Å². The van der Waals surface area contributed by atoms with Crippen LogP contribution in [0.15, 0.2) is 35.2 Å². The van der Waals surface area contributed by atoms with Crippen LogP contribution in [-0.2, 0) is 9.59 Å². The van der Waals surface area contributed by atoms with Crippen LogP contribution in [0.3, 0.4) is 0 Å². The van der Waals surface area contributed by atoms with Gasteiger partial charge >= 0.3 is 5.97 Å². The van der Waals surface area contributed by atoms with Gasteiger partial charge in [-0.1, -0.05) is 32.0 Å². The SMILES string of the molecule is CC(C)[C@H](NC(=O)CCSc1ccccc1)C(=O)O. The van der Waals surface area contributed by atoms with E-state index < -0.39 is 12.0 Å². The quantitative estimate of drug-likeness (QED) is 0.753. The van der Waals surface area contributed by atoms with Gasteiger partial charge in [0.1, 0.15) is 6.04 Å². The lowest BCUT2D eigenvalue weighted by atomic mass is 10.0. The highest BCUT2D eigenvalue weighted by molar-refractivity contribution is 7.99. The number of carboxylic acids is 1. The van der Waals surface area contributed by atoms with Gasteiger partial charge in [-0.2, -0.15) is 0 Å². The summed E-state index contributed by atoms with van der Waals surface area (Å²) < 4.78 is 0. The minimum atomic E-state index is -0.987. The van der Waals surface area contributed by atoms with Crippen molar-refractivity contribution >= 4 is 23.6 Å². The van der Waals surface area contributed by atoms with E-state index in [4.69, 9.17) is 5.11 Å². The predicted molar refractivity (Wildman–Crippen MR) is 76.2 cm³/mol. The molecule has 1 atom stereocenters. The van der Waals surface area contributed by atoms with Gasteiger partial charge in [0.25, 0.3) is 0 Å². The van der Waals surface area contributed by atoms with Gasteiger partial charge in [-0.25, -0.2) is 4.79 Å². The fraction of sp³-hybridized carbons (Fsp3) is 0.429. The number of aliphatic carboxylic acids is 1. The van der Waals surface area contributed by atoms with Crippen LogP contribution in [0, 0.1) is 5.92 Å². The first-order valence-electron chi connectivity index (χ1n) is 6.20. The number of carbonyl (C=O) groups excluding carboxylic acids is 1. The number of thioether (sulfide) groups is 1. The second-order valence-corrected chi connectivity index (χ2v) is 5.71. The van der Waals surface area contributed by atoms with Gasteiger partial charge < -0.3 is 10.4 Å². The van der Waals surface area contributed by atoms with E-state index >= 15 is 0 Å². The molecule has 2 N–H and O–H groups in total. The molecule has 0 aliphatic carbocycles. The van der Waals surface area contributed by atoms with Crippen molar-refractivity contribution in [2.75, 3.05) is 5.75 Å². The third kappa shape index (κ3) is 5.79. The van der Waals surface area contributed by atoms with E-state index in [2.05, 4.69) is 5.32 Å². The Morgan fingerprint density at radius 1 is 1.26 bits per heavy atom. The van der Waals surface area contributed by atoms with E-state index in [1.165, 1.54) is 0 Å². The summed E-state index contributed by atoms with van der Waals surface area (Å²) in [6.07, 6.45) is 0.316. The van der Waals surface area contributed by atoms with Crippen molar-refractivity contribution in [3.05, 3.63) is 30.3 Å². The van der Waals surface area contributed by atoms with Gasteiger partial charge in [0, 0.05) is 17.1 Å². The normalized spacial score (nSPS) is 12.2. The van der Waals surface area contributed by atoms with Crippen LogP contribution in [-0.4, -0.2) is 28.8 Å². The maximum Gasteiger partial charge on any atom is 0.326 e. The van der Waals surface area contributed by atoms with E-state index in [-0.39, 0.29) is 11.8 Å². The van der Waals surface area contributed by atoms with Crippen LogP contribution in [0.25, 0.3) is 0 Å². The van der Waals surface area contributed by atoms with Crippen molar-refractivity contribution in [1.29, 1.82) is 0 Å². The zero-order chi connectivity index (χ0) is 14.3. The lowest BCUT2D eigenvalue weighted by Gasteiger charge is -2.17. The minimum Gasteiger partial charge on any atom is -0.480 e. The molecule has 1 amide bonds. The van der Waals surface area contributed by atoms with Gasteiger partial charge in [-0.3, -0.25) is 4.79 Å². The molecule has 19 heavy (non-hydrogen) atoms. The molecule has 0 aliphatic heterocycles. The fourth-order valence-electron chi connectivity index (χ4n) is 1.54. The Bertz CT molecular complexity index is 420. The van der Waals surface area contributed by atoms with Crippen molar-refractivity contribution in [2.24, 2.45) is 5.92 Å². The summed E-state index contributed by atoms with van der Waals surface area (Å²) in [6, 6.07) is 8.99. The van der Waals surface area contributed by atoms with Crippen molar-refractivity contribution in [3.8, 4) is 0 Å². The van der Waals surface area contributed by atoms with E-state index in [0.717, 1.165) is 4.90 Å². The summed E-state index contributed by atoms with van der Waals surface area (Å²) in [5.74, 6) is -0.688. The molecular weight excluding hydrogens is 262 g/mol. The third-order valence-corrected chi connectivity index (χ3v) is 3.60. The zero-order valence-corrected chi connectivity index (χ0v) is 11.9. The van der Waals surface area contributed by atoms with E-state index in [1.54, 1.807) is 25.6 Å². The zero-order valence-electron chi connectivity index (χ0n) is 11.1. The second-order valence-electron chi connectivity index (χ2n) is 4.54. The molecule has 1 rings (SSSR count). The first-order chi connectivity index (χ1) is 9.00. The highest BCUT2D eigenvalue weighted by Gasteiger charge is 2.22. The molecule has 0 aliphatic rings. The fourth-order valence-corrected chi connectivity index (χ4v) is 2.41. The number of carbonyl (C=O) groups is 2. The summed E-state index contributed by atoms with van der Waals surface area (Å²) >= 11 is 1.58. The lowest BCUT2D eigenvalue weighted by Crippen LogP contribution is -2.44. The molecule has 1 aromatic carbocycles. The van der Waals surface area contributed by atoms with Crippen LogP contribution in [0.2, 0.25) is 0 Å². The number of benzene rings is 1. The molecule has 0 bridgehead atoms. The number of carboxylic acid groups (broad SMARTS) is 1. The molecule has 4 nitrogen and oxygen atoms in total. The second kappa shape index (κ2) is 7.84. The standard InChI is InChI=1S/C14H19NO3S/c1-10(2)13(14(17)18)15-12(16)8-9-19-11-6-4-3-5-7-11/h3-7,10,13H,8-9H2,1-2H3,(H,15,16)(H,17,18)/t13-/m0/s1. The summed E-state index contributed by atoms with van der Waals surface area (Å²) in [5.41, 5.74) is 0. The Hall–Kier alpha value is -1.49.